The van der Waals surface area contributed by atoms with Crippen LogP contribution >= 0.6 is 0 Å². The van der Waals surface area contributed by atoms with Crippen molar-refractivity contribution in [2.24, 2.45) is 0 Å². The Bertz CT molecular complexity index is 321. The molecule has 0 atom stereocenters. The molecule has 1 aromatic rings. The van der Waals surface area contributed by atoms with Crippen molar-refractivity contribution in [3.05, 3.63) is 23.8 Å². The van der Waals surface area contributed by atoms with E-state index >= 15 is 0 Å². The first-order chi connectivity index (χ1) is 7.69. The number of hydrogen-bond donors (Lipinski definition) is 2. The van der Waals surface area contributed by atoms with Gasteiger partial charge in [0.2, 0.25) is 0 Å². The maximum Gasteiger partial charge on any atom is 0.160 e. The molecule has 0 aromatic heterocycles. The first kappa shape index (κ1) is 12.8. The van der Waals surface area contributed by atoms with Gasteiger partial charge in [0.05, 0.1) is 0 Å². The second kappa shape index (κ2) is 6.35. The van der Waals surface area contributed by atoms with E-state index in [2.05, 4.69) is 0 Å². The SMILES string of the molecule is COC(CCCc1cccc(O)c1O)OC. The summed E-state index contributed by atoms with van der Waals surface area (Å²) in [5.74, 6) is -0.110. The molecule has 0 aliphatic carbocycles. The summed E-state index contributed by atoms with van der Waals surface area (Å²) < 4.78 is 10.1. The molecular formula is C12H18O4. The predicted octanol–water partition coefficient (Wildman–Crippen LogP) is 2.04. The Kier molecular flexibility index (Phi) is 5.08. The van der Waals surface area contributed by atoms with Crippen LogP contribution in [0.5, 0.6) is 11.5 Å². The minimum absolute atomic E-state index is 0.0334. The van der Waals surface area contributed by atoms with Crippen molar-refractivity contribution in [3.63, 3.8) is 0 Å². The molecule has 0 amide bonds. The van der Waals surface area contributed by atoms with Crippen LogP contribution in [0.4, 0.5) is 0 Å². The maximum absolute atomic E-state index is 9.56. The highest BCUT2D eigenvalue weighted by molar-refractivity contribution is 5.44. The maximum atomic E-state index is 9.56. The first-order valence-electron chi connectivity index (χ1n) is 5.24. The monoisotopic (exact) mass is 226 g/mol. The van der Waals surface area contributed by atoms with Gasteiger partial charge in [0.25, 0.3) is 0 Å². The second-order valence-corrected chi connectivity index (χ2v) is 3.58. The van der Waals surface area contributed by atoms with Crippen molar-refractivity contribution in [2.45, 2.75) is 25.6 Å². The van der Waals surface area contributed by atoms with Gasteiger partial charge in [0.1, 0.15) is 0 Å². The van der Waals surface area contributed by atoms with E-state index in [1.807, 2.05) is 0 Å². The summed E-state index contributed by atoms with van der Waals surface area (Å²) in [5, 5.41) is 18.9. The molecule has 1 aromatic carbocycles. The number of rotatable bonds is 6. The van der Waals surface area contributed by atoms with E-state index in [1.165, 1.54) is 6.07 Å². The average Bonchev–Trinajstić information content (AvgIpc) is 2.30. The van der Waals surface area contributed by atoms with E-state index < -0.39 is 0 Å². The lowest BCUT2D eigenvalue weighted by Crippen LogP contribution is -2.12. The van der Waals surface area contributed by atoms with Gasteiger partial charge < -0.3 is 19.7 Å². The van der Waals surface area contributed by atoms with Gasteiger partial charge in [-0.05, 0) is 30.9 Å². The molecule has 0 heterocycles. The van der Waals surface area contributed by atoms with E-state index in [9.17, 15) is 10.2 Å². The molecule has 4 nitrogen and oxygen atoms in total. The number of hydrogen-bond acceptors (Lipinski definition) is 4. The zero-order chi connectivity index (χ0) is 12.0. The Balaban J connectivity index is 2.46. The van der Waals surface area contributed by atoms with Crippen molar-refractivity contribution in [1.82, 2.24) is 0 Å². The molecule has 90 valence electrons. The third-order valence-corrected chi connectivity index (χ3v) is 2.51. The lowest BCUT2D eigenvalue weighted by Gasteiger charge is -2.13. The molecule has 4 heteroatoms. The van der Waals surface area contributed by atoms with E-state index in [0.29, 0.717) is 6.42 Å². The summed E-state index contributed by atoms with van der Waals surface area (Å²) in [4.78, 5) is 0. The third kappa shape index (κ3) is 3.40. The van der Waals surface area contributed by atoms with Crippen LogP contribution in [0.25, 0.3) is 0 Å². The van der Waals surface area contributed by atoms with Crippen LogP contribution in [-0.4, -0.2) is 30.7 Å². The number of phenols is 2. The van der Waals surface area contributed by atoms with E-state index in [1.54, 1.807) is 26.4 Å². The van der Waals surface area contributed by atoms with Crippen LogP contribution in [0.3, 0.4) is 0 Å². The quantitative estimate of drug-likeness (QED) is 0.575. The molecule has 0 aliphatic rings. The molecule has 0 spiro atoms. The minimum Gasteiger partial charge on any atom is -0.504 e. The first-order valence-corrected chi connectivity index (χ1v) is 5.24. The fourth-order valence-electron chi connectivity index (χ4n) is 1.57. The minimum atomic E-state index is -0.209. The van der Waals surface area contributed by atoms with Crippen LogP contribution in [0.1, 0.15) is 18.4 Å². The Morgan fingerprint density at radius 2 is 1.88 bits per heavy atom. The van der Waals surface area contributed by atoms with E-state index in [0.717, 1.165) is 18.4 Å². The zero-order valence-corrected chi connectivity index (χ0v) is 9.64. The van der Waals surface area contributed by atoms with Gasteiger partial charge >= 0.3 is 0 Å². The average molecular weight is 226 g/mol. The summed E-state index contributed by atoms with van der Waals surface area (Å²) in [7, 11) is 3.19. The Morgan fingerprint density at radius 1 is 1.19 bits per heavy atom. The highest BCUT2D eigenvalue weighted by Gasteiger charge is 2.08. The lowest BCUT2D eigenvalue weighted by molar-refractivity contribution is -0.106. The van der Waals surface area contributed by atoms with Gasteiger partial charge in [-0.25, -0.2) is 0 Å². The summed E-state index contributed by atoms with van der Waals surface area (Å²) in [6.45, 7) is 0. The fraction of sp³-hybridized carbons (Fsp3) is 0.500. The Morgan fingerprint density at radius 3 is 2.50 bits per heavy atom. The number of aryl methyl sites for hydroxylation is 1. The van der Waals surface area contributed by atoms with Gasteiger partial charge in [0, 0.05) is 14.2 Å². The van der Waals surface area contributed by atoms with Crippen molar-refractivity contribution in [1.29, 1.82) is 0 Å². The fourth-order valence-corrected chi connectivity index (χ4v) is 1.57. The number of para-hydroxylation sites is 1. The highest BCUT2D eigenvalue weighted by Crippen LogP contribution is 2.29. The molecule has 1 rings (SSSR count). The summed E-state index contributed by atoms with van der Waals surface area (Å²) >= 11 is 0. The van der Waals surface area contributed by atoms with E-state index in [4.69, 9.17) is 9.47 Å². The normalized spacial score (nSPS) is 10.9. The molecule has 16 heavy (non-hydrogen) atoms. The van der Waals surface area contributed by atoms with Gasteiger partial charge in [-0.15, -0.1) is 0 Å². The van der Waals surface area contributed by atoms with Crippen LogP contribution in [-0.2, 0) is 15.9 Å². The summed E-state index contributed by atoms with van der Waals surface area (Å²) in [6, 6.07) is 4.98. The molecule has 0 saturated carbocycles. The molecule has 0 saturated heterocycles. The van der Waals surface area contributed by atoms with Crippen molar-refractivity contribution in [2.75, 3.05) is 14.2 Å². The van der Waals surface area contributed by atoms with Crippen LogP contribution in [0.15, 0.2) is 18.2 Å². The number of benzene rings is 1. The number of ether oxygens (including phenoxy) is 2. The second-order valence-electron chi connectivity index (χ2n) is 3.58. The van der Waals surface area contributed by atoms with Crippen LogP contribution in [0.2, 0.25) is 0 Å². The predicted molar refractivity (Wildman–Crippen MR) is 60.5 cm³/mol. The zero-order valence-electron chi connectivity index (χ0n) is 9.64. The third-order valence-electron chi connectivity index (χ3n) is 2.51. The lowest BCUT2D eigenvalue weighted by atomic mass is 10.1. The van der Waals surface area contributed by atoms with Crippen molar-refractivity contribution >= 4 is 0 Å². The van der Waals surface area contributed by atoms with Crippen molar-refractivity contribution < 1.29 is 19.7 Å². The van der Waals surface area contributed by atoms with Gasteiger partial charge in [0.15, 0.2) is 17.8 Å². The van der Waals surface area contributed by atoms with E-state index in [-0.39, 0.29) is 17.8 Å². The highest BCUT2D eigenvalue weighted by atomic mass is 16.7. The molecule has 0 aliphatic heterocycles. The molecule has 0 unspecified atom stereocenters. The van der Waals surface area contributed by atoms with Gasteiger partial charge in [-0.2, -0.15) is 0 Å². The Labute approximate surface area is 95.4 Å². The number of phenolic OH excluding ortho intramolecular Hbond substituents is 2. The summed E-state index contributed by atoms with van der Waals surface area (Å²) in [6.07, 6.45) is 2.05. The van der Waals surface area contributed by atoms with Crippen LogP contribution < -0.4 is 0 Å². The van der Waals surface area contributed by atoms with Crippen molar-refractivity contribution in [3.8, 4) is 11.5 Å². The molecular weight excluding hydrogens is 208 g/mol. The number of aromatic hydroxyl groups is 2. The molecule has 0 fully saturated rings. The smallest absolute Gasteiger partial charge is 0.160 e. The van der Waals surface area contributed by atoms with Gasteiger partial charge in [-0.3, -0.25) is 0 Å². The number of methoxy groups -OCH3 is 2. The topological polar surface area (TPSA) is 58.9 Å². The molecule has 0 radical (unpaired) electrons. The Hall–Kier alpha value is -1.26. The molecule has 2 N–H and O–H groups in total. The van der Waals surface area contributed by atoms with Gasteiger partial charge in [-0.1, -0.05) is 12.1 Å². The van der Waals surface area contributed by atoms with Crippen LogP contribution in [0, 0.1) is 0 Å². The summed E-state index contributed by atoms with van der Waals surface area (Å²) in [5.41, 5.74) is 0.742. The largest absolute Gasteiger partial charge is 0.504 e. The molecule has 0 bridgehead atoms. The standard InChI is InChI=1S/C12H18O4/c1-15-11(16-2)8-4-6-9-5-3-7-10(13)12(9)14/h3,5,7,11,13-14H,4,6,8H2,1-2H3.